The average Bonchev–Trinajstić information content (AvgIpc) is 2.81. The summed E-state index contributed by atoms with van der Waals surface area (Å²) in [6.45, 7) is 1.19. The lowest BCUT2D eigenvalue weighted by atomic mass is 9.94. The summed E-state index contributed by atoms with van der Waals surface area (Å²) in [5, 5.41) is 3.84. The van der Waals surface area contributed by atoms with Gasteiger partial charge in [0.15, 0.2) is 11.3 Å². The zero-order chi connectivity index (χ0) is 14.3. The molecule has 1 aliphatic rings. The maximum Gasteiger partial charge on any atom is 0.433 e. The van der Waals surface area contributed by atoms with E-state index in [1.807, 2.05) is 0 Å². The van der Waals surface area contributed by atoms with Crippen LogP contribution in [0.5, 0.6) is 0 Å². The molecule has 2 aromatic heterocycles. The number of hydrogen-bond acceptors (Lipinski definition) is 4. The fraction of sp³-hybridized carbons (Fsp3) is 0.500. The van der Waals surface area contributed by atoms with Crippen LogP contribution in [0.3, 0.4) is 0 Å². The number of aromatic nitrogens is 3. The normalized spacial score (nSPS) is 17.8. The molecule has 0 spiro atoms. The molecule has 0 amide bonds. The van der Waals surface area contributed by atoms with Crippen LogP contribution in [-0.4, -0.2) is 27.8 Å². The Balaban J connectivity index is 2.14. The first-order chi connectivity index (χ1) is 9.47. The molecule has 3 rings (SSSR count). The summed E-state index contributed by atoms with van der Waals surface area (Å²) in [7, 11) is 0. The number of ether oxygens (including phenoxy) is 1. The molecule has 5 nitrogen and oxygen atoms in total. The van der Waals surface area contributed by atoms with Gasteiger partial charge in [-0.05, 0) is 18.8 Å². The molecule has 0 radical (unpaired) electrons. The highest BCUT2D eigenvalue weighted by atomic mass is 19.4. The van der Waals surface area contributed by atoms with E-state index in [0.717, 1.165) is 23.4 Å². The highest BCUT2D eigenvalue weighted by Crippen LogP contribution is 2.34. The zero-order valence-electron chi connectivity index (χ0n) is 10.5. The van der Waals surface area contributed by atoms with Gasteiger partial charge in [0.2, 0.25) is 0 Å². The second kappa shape index (κ2) is 4.62. The number of anilines is 1. The van der Waals surface area contributed by atoms with Crippen LogP contribution in [0.25, 0.3) is 5.65 Å². The minimum atomic E-state index is -4.52. The number of fused-ring (bicyclic) bond motifs is 1. The van der Waals surface area contributed by atoms with Crippen molar-refractivity contribution >= 4 is 11.5 Å². The number of nitrogens with zero attached hydrogens (tertiary/aromatic N) is 3. The minimum absolute atomic E-state index is 0.108. The third-order valence-corrected chi connectivity index (χ3v) is 3.47. The van der Waals surface area contributed by atoms with Gasteiger partial charge in [0.1, 0.15) is 5.82 Å². The van der Waals surface area contributed by atoms with E-state index in [1.54, 1.807) is 0 Å². The second-order valence-corrected chi connectivity index (χ2v) is 4.79. The van der Waals surface area contributed by atoms with Gasteiger partial charge in [-0.25, -0.2) is 9.50 Å². The smallest absolute Gasteiger partial charge is 0.384 e. The molecule has 3 heterocycles. The maximum atomic E-state index is 13.0. The van der Waals surface area contributed by atoms with Crippen LogP contribution in [-0.2, 0) is 10.9 Å². The minimum Gasteiger partial charge on any atom is -0.384 e. The van der Waals surface area contributed by atoms with Crippen molar-refractivity contribution in [1.82, 2.24) is 14.6 Å². The zero-order valence-corrected chi connectivity index (χ0v) is 10.5. The maximum absolute atomic E-state index is 13.0. The summed E-state index contributed by atoms with van der Waals surface area (Å²) < 4.78 is 45.0. The summed E-state index contributed by atoms with van der Waals surface area (Å²) >= 11 is 0. The SMILES string of the molecule is Nc1cc(C(F)(F)F)n2ncc(C3CCOCC3)c2n1. The van der Waals surface area contributed by atoms with E-state index >= 15 is 0 Å². The average molecular weight is 286 g/mol. The Hall–Kier alpha value is -1.83. The lowest BCUT2D eigenvalue weighted by Gasteiger charge is -2.21. The van der Waals surface area contributed by atoms with Crippen molar-refractivity contribution < 1.29 is 17.9 Å². The van der Waals surface area contributed by atoms with E-state index in [2.05, 4.69) is 10.1 Å². The molecule has 1 fully saturated rings. The summed E-state index contributed by atoms with van der Waals surface area (Å²) in [5.41, 5.74) is 5.48. The largest absolute Gasteiger partial charge is 0.433 e. The van der Waals surface area contributed by atoms with E-state index in [0.29, 0.717) is 18.8 Å². The van der Waals surface area contributed by atoms with Crippen LogP contribution >= 0.6 is 0 Å². The van der Waals surface area contributed by atoms with Gasteiger partial charge in [-0.3, -0.25) is 0 Å². The molecule has 2 N–H and O–H groups in total. The Labute approximate surface area is 112 Å². The molecule has 108 valence electrons. The van der Waals surface area contributed by atoms with Crippen LogP contribution in [0.4, 0.5) is 19.0 Å². The van der Waals surface area contributed by atoms with E-state index in [1.165, 1.54) is 6.20 Å². The first-order valence-electron chi connectivity index (χ1n) is 6.26. The van der Waals surface area contributed by atoms with Crippen molar-refractivity contribution in [2.24, 2.45) is 0 Å². The van der Waals surface area contributed by atoms with Crippen molar-refractivity contribution in [2.75, 3.05) is 18.9 Å². The standard InChI is InChI=1S/C12H13F3N4O/c13-12(14,15)9-5-10(16)18-11-8(6-17-19(9)11)7-1-3-20-4-2-7/h5-7H,1-4H2,(H2,16,18). The van der Waals surface area contributed by atoms with Gasteiger partial charge in [0.25, 0.3) is 0 Å². The predicted octanol–water partition coefficient (Wildman–Crippen LogP) is 2.22. The van der Waals surface area contributed by atoms with Gasteiger partial charge in [0.05, 0.1) is 6.20 Å². The molecule has 20 heavy (non-hydrogen) atoms. The molecule has 0 aliphatic carbocycles. The van der Waals surface area contributed by atoms with Crippen molar-refractivity contribution in [2.45, 2.75) is 24.9 Å². The molecule has 0 saturated carbocycles. The Bertz CT molecular complexity index is 631. The molecule has 0 unspecified atom stereocenters. The summed E-state index contributed by atoms with van der Waals surface area (Å²) in [5.74, 6) is -0.0460. The molecule has 0 aromatic carbocycles. The van der Waals surface area contributed by atoms with E-state index < -0.39 is 11.9 Å². The summed E-state index contributed by atoms with van der Waals surface area (Å²) in [4.78, 5) is 4.02. The molecule has 8 heteroatoms. The van der Waals surface area contributed by atoms with Crippen LogP contribution in [0.2, 0.25) is 0 Å². The molecule has 2 aromatic rings. The van der Waals surface area contributed by atoms with Crippen LogP contribution in [0, 0.1) is 0 Å². The highest BCUT2D eigenvalue weighted by molar-refractivity contribution is 5.54. The monoisotopic (exact) mass is 286 g/mol. The molecular weight excluding hydrogens is 273 g/mol. The molecule has 1 aliphatic heterocycles. The topological polar surface area (TPSA) is 65.4 Å². The molecular formula is C12H13F3N4O. The summed E-state index contributed by atoms with van der Waals surface area (Å²) in [6.07, 6.45) is -1.57. The van der Waals surface area contributed by atoms with Gasteiger partial charge in [-0.15, -0.1) is 0 Å². The number of halogens is 3. The third-order valence-electron chi connectivity index (χ3n) is 3.47. The van der Waals surface area contributed by atoms with Crippen molar-refractivity contribution in [3.05, 3.63) is 23.5 Å². The first-order valence-corrected chi connectivity index (χ1v) is 6.26. The quantitative estimate of drug-likeness (QED) is 0.873. The Morgan fingerprint density at radius 2 is 2.00 bits per heavy atom. The van der Waals surface area contributed by atoms with Crippen LogP contribution < -0.4 is 5.73 Å². The Morgan fingerprint density at radius 1 is 1.30 bits per heavy atom. The van der Waals surface area contributed by atoms with Gasteiger partial charge in [-0.1, -0.05) is 0 Å². The predicted molar refractivity (Wildman–Crippen MR) is 65.2 cm³/mol. The Kier molecular flexibility index (Phi) is 3.04. The highest BCUT2D eigenvalue weighted by Gasteiger charge is 2.35. The molecule has 0 atom stereocenters. The second-order valence-electron chi connectivity index (χ2n) is 4.79. The summed E-state index contributed by atoms with van der Waals surface area (Å²) in [6, 6.07) is 0.799. The number of nitrogens with two attached hydrogens (primary N) is 1. The lowest BCUT2D eigenvalue weighted by Crippen LogP contribution is -2.16. The van der Waals surface area contributed by atoms with Gasteiger partial charge in [-0.2, -0.15) is 18.3 Å². The van der Waals surface area contributed by atoms with Gasteiger partial charge >= 0.3 is 6.18 Å². The number of nitrogen functional groups attached to an aromatic ring is 1. The van der Waals surface area contributed by atoms with E-state index in [9.17, 15) is 13.2 Å². The Morgan fingerprint density at radius 3 is 2.65 bits per heavy atom. The van der Waals surface area contributed by atoms with Crippen molar-refractivity contribution in [3.8, 4) is 0 Å². The van der Waals surface area contributed by atoms with Gasteiger partial charge in [0, 0.05) is 24.8 Å². The third kappa shape index (κ3) is 2.20. The number of hydrogen-bond donors (Lipinski definition) is 1. The van der Waals surface area contributed by atoms with Crippen LogP contribution in [0.15, 0.2) is 12.3 Å². The van der Waals surface area contributed by atoms with Crippen LogP contribution in [0.1, 0.15) is 30.0 Å². The fourth-order valence-corrected chi connectivity index (χ4v) is 2.50. The molecule has 0 bridgehead atoms. The fourth-order valence-electron chi connectivity index (χ4n) is 2.50. The van der Waals surface area contributed by atoms with Gasteiger partial charge < -0.3 is 10.5 Å². The molecule has 1 saturated heterocycles. The van der Waals surface area contributed by atoms with Crippen molar-refractivity contribution in [3.63, 3.8) is 0 Å². The van der Waals surface area contributed by atoms with Crippen molar-refractivity contribution in [1.29, 1.82) is 0 Å². The van der Waals surface area contributed by atoms with E-state index in [4.69, 9.17) is 10.5 Å². The number of rotatable bonds is 1. The first kappa shape index (κ1) is 13.2. The lowest BCUT2D eigenvalue weighted by molar-refractivity contribution is -0.142. The van der Waals surface area contributed by atoms with E-state index in [-0.39, 0.29) is 17.4 Å². The number of alkyl halides is 3.